The molecule has 0 saturated heterocycles. The van der Waals surface area contributed by atoms with Gasteiger partial charge in [-0.3, -0.25) is 9.89 Å². The minimum absolute atomic E-state index is 0.155. The summed E-state index contributed by atoms with van der Waals surface area (Å²) in [5.74, 6) is -0.155. The van der Waals surface area contributed by atoms with Crippen LogP contribution in [-0.4, -0.2) is 30.2 Å². The molecule has 4 N–H and O–H groups in total. The number of benzene rings is 1. The van der Waals surface area contributed by atoms with Crippen LogP contribution >= 0.6 is 0 Å². The van der Waals surface area contributed by atoms with Gasteiger partial charge in [-0.15, -0.1) is 0 Å². The first kappa shape index (κ1) is 12.9. The Kier molecular flexibility index (Phi) is 3.70. The second-order valence-corrected chi connectivity index (χ2v) is 4.46. The van der Waals surface area contributed by atoms with Gasteiger partial charge in [-0.05, 0) is 18.2 Å². The maximum Gasteiger partial charge on any atom is 0.253 e. The molecule has 0 fully saturated rings. The third kappa shape index (κ3) is 3.04. The molecule has 0 saturated carbocycles. The Balaban J connectivity index is 2.16. The molecule has 0 bridgehead atoms. The average Bonchev–Trinajstić information content (AvgIpc) is 2.88. The second-order valence-electron chi connectivity index (χ2n) is 4.46. The summed E-state index contributed by atoms with van der Waals surface area (Å²) in [7, 11) is 3.77. The van der Waals surface area contributed by atoms with Crippen molar-refractivity contribution in [3.63, 3.8) is 0 Å². The van der Waals surface area contributed by atoms with Gasteiger partial charge >= 0.3 is 0 Å². The largest absolute Gasteiger partial charge is 0.399 e. The number of rotatable bonds is 4. The smallest absolute Gasteiger partial charge is 0.253 e. The normalized spacial score (nSPS) is 10.2. The predicted octanol–water partition coefficient (Wildman–Crippen LogP) is 0.988. The van der Waals surface area contributed by atoms with E-state index in [0.717, 1.165) is 11.3 Å². The number of nitrogens with one attached hydrogen (secondary N) is 2. The van der Waals surface area contributed by atoms with E-state index in [1.807, 2.05) is 25.1 Å². The Labute approximate surface area is 111 Å². The standard InChI is InChI=1S/C13H17N5O/c1-18(2)12-4-3-10(14)5-11(12)13(19)15-6-9-7-16-17-8-9/h3-5,7-8H,6,14H2,1-2H3,(H,15,19)(H,16,17). The van der Waals surface area contributed by atoms with Crippen molar-refractivity contribution in [1.29, 1.82) is 0 Å². The number of aromatic amines is 1. The number of H-pyrrole nitrogens is 1. The van der Waals surface area contributed by atoms with Gasteiger partial charge in [0.15, 0.2) is 0 Å². The molecule has 0 radical (unpaired) electrons. The van der Waals surface area contributed by atoms with Crippen LogP contribution in [-0.2, 0) is 6.54 Å². The minimum atomic E-state index is -0.155. The maximum atomic E-state index is 12.2. The molecule has 6 nitrogen and oxygen atoms in total. The Bertz CT molecular complexity index is 562. The fourth-order valence-corrected chi connectivity index (χ4v) is 1.78. The Morgan fingerprint density at radius 1 is 1.47 bits per heavy atom. The van der Waals surface area contributed by atoms with Gasteiger partial charge in [0.2, 0.25) is 0 Å². The van der Waals surface area contributed by atoms with Crippen LogP contribution in [0.15, 0.2) is 30.6 Å². The van der Waals surface area contributed by atoms with Crippen LogP contribution in [0.4, 0.5) is 11.4 Å². The van der Waals surface area contributed by atoms with Gasteiger partial charge in [0.25, 0.3) is 5.91 Å². The molecule has 6 heteroatoms. The van der Waals surface area contributed by atoms with Crippen molar-refractivity contribution < 1.29 is 4.79 Å². The van der Waals surface area contributed by atoms with E-state index in [1.54, 1.807) is 24.5 Å². The lowest BCUT2D eigenvalue weighted by atomic mass is 10.1. The Morgan fingerprint density at radius 2 is 2.26 bits per heavy atom. The highest BCUT2D eigenvalue weighted by molar-refractivity contribution is 6.00. The lowest BCUT2D eigenvalue weighted by Gasteiger charge is -2.17. The van der Waals surface area contributed by atoms with E-state index in [1.165, 1.54) is 0 Å². The zero-order valence-corrected chi connectivity index (χ0v) is 11.0. The van der Waals surface area contributed by atoms with Crippen molar-refractivity contribution in [2.75, 3.05) is 24.7 Å². The monoisotopic (exact) mass is 259 g/mol. The van der Waals surface area contributed by atoms with Gasteiger partial charge in [0, 0.05) is 43.8 Å². The third-order valence-corrected chi connectivity index (χ3v) is 2.75. The number of anilines is 2. The summed E-state index contributed by atoms with van der Waals surface area (Å²) in [6.07, 6.45) is 3.42. The number of carbonyl (C=O) groups is 1. The predicted molar refractivity (Wildman–Crippen MR) is 74.9 cm³/mol. The van der Waals surface area contributed by atoms with E-state index in [4.69, 9.17) is 5.73 Å². The molecule has 0 spiro atoms. The number of amides is 1. The zero-order chi connectivity index (χ0) is 13.8. The molecule has 1 aromatic heterocycles. The van der Waals surface area contributed by atoms with Crippen LogP contribution in [0.1, 0.15) is 15.9 Å². The van der Waals surface area contributed by atoms with Crippen molar-refractivity contribution in [1.82, 2.24) is 15.5 Å². The molecule has 0 unspecified atom stereocenters. The van der Waals surface area contributed by atoms with Crippen molar-refractivity contribution in [3.8, 4) is 0 Å². The lowest BCUT2D eigenvalue weighted by molar-refractivity contribution is 0.0951. The number of hydrogen-bond acceptors (Lipinski definition) is 4. The highest BCUT2D eigenvalue weighted by atomic mass is 16.1. The first-order chi connectivity index (χ1) is 9.08. The van der Waals surface area contributed by atoms with E-state index in [2.05, 4.69) is 15.5 Å². The van der Waals surface area contributed by atoms with Gasteiger partial charge in [0.1, 0.15) is 0 Å². The van der Waals surface area contributed by atoms with Crippen molar-refractivity contribution in [2.45, 2.75) is 6.54 Å². The summed E-state index contributed by atoms with van der Waals surface area (Å²) in [5.41, 5.74) is 8.63. The quantitative estimate of drug-likeness (QED) is 0.714. The van der Waals surface area contributed by atoms with Crippen LogP contribution in [0.25, 0.3) is 0 Å². The fourth-order valence-electron chi connectivity index (χ4n) is 1.78. The van der Waals surface area contributed by atoms with Gasteiger partial charge in [-0.2, -0.15) is 5.10 Å². The molecule has 1 heterocycles. The fraction of sp³-hybridized carbons (Fsp3) is 0.231. The molecule has 0 atom stereocenters. The SMILES string of the molecule is CN(C)c1ccc(N)cc1C(=O)NCc1cn[nH]c1. The van der Waals surface area contributed by atoms with Crippen LogP contribution < -0.4 is 16.0 Å². The molecule has 1 aromatic carbocycles. The number of aromatic nitrogens is 2. The summed E-state index contributed by atoms with van der Waals surface area (Å²) in [6.45, 7) is 0.428. The topological polar surface area (TPSA) is 87.0 Å². The Morgan fingerprint density at radius 3 is 2.89 bits per heavy atom. The van der Waals surface area contributed by atoms with Crippen molar-refractivity contribution in [2.24, 2.45) is 0 Å². The molecule has 2 aromatic rings. The summed E-state index contributed by atoms with van der Waals surface area (Å²) in [5, 5.41) is 9.37. The average molecular weight is 259 g/mol. The molecule has 0 aliphatic heterocycles. The van der Waals surface area contributed by atoms with Crippen molar-refractivity contribution in [3.05, 3.63) is 41.7 Å². The van der Waals surface area contributed by atoms with Gasteiger partial charge in [0.05, 0.1) is 11.8 Å². The summed E-state index contributed by atoms with van der Waals surface area (Å²) in [4.78, 5) is 14.1. The molecular formula is C13H17N5O. The van der Waals surface area contributed by atoms with E-state index in [9.17, 15) is 4.79 Å². The summed E-state index contributed by atoms with van der Waals surface area (Å²) in [6, 6.07) is 5.30. The molecule has 2 rings (SSSR count). The number of nitrogen functional groups attached to an aromatic ring is 1. The van der Waals surface area contributed by atoms with Gasteiger partial charge in [-0.25, -0.2) is 0 Å². The van der Waals surface area contributed by atoms with Crippen LogP contribution in [0, 0.1) is 0 Å². The molecule has 1 amide bonds. The first-order valence-corrected chi connectivity index (χ1v) is 5.90. The van der Waals surface area contributed by atoms with E-state index in [-0.39, 0.29) is 5.91 Å². The minimum Gasteiger partial charge on any atom is -0.399 e. The number of nitrogens with two attached hydrogens (primary N) is 1. The highest BCUT2D eigenvalue weighted by Crippen LogP contribution is 2.21. The van der Waals surface area contributed by atoms with E-state index < -0.39 is 0 Å². The third-order valence-electron chi connectivity index (χ3n) is 2.75. The zero-order valence-electron chi connectivity index (χ0n) is 11.0. The number of nitrogens with zero attached hydrogens (tertiary/aromatic N) is 2. The highest BCUT2D eigenvalue weighted by Gasteiger charge is 2.13. The maximum absolute atomic E-state index is 12.2. The second kappa shape index (κ2) is 5.43. The van der Waals surface area contributed by atoms with E-state index in [0.29, 0.717) is 17.8 Å². The first-order valence-electron chi connectivity index (χ1n) is 5.90. The molecule has 0 aliphatic carbocycles. The Hall–Kier alpha value is -2.50. The lowest BCUT2D eigenvalue weighted by Crippen LogP contribution is -2.25. The summed E-state index contributed by atoms with van der Waals surface area (Å²) < 4.78 is 0. The van der Waals surface area contributed by atoms with Gasteiger partial charge in [-0.1, -0.05) is 0 Å². The molecule has 100 valence electrons. The van der Waals surface area contributed by atoms with Crippen LogP contribution in [0.2, 0.25) is 0 Å². The van der Waals surface area contributed by atoms with Crippen molar-refractivity contribution >= 4 is 17.3 Å². The molecule has 19 heavy (non-hydrogen) atoms. The van der Waals surface area contributed by atoms with Crippen LogP contribution in [0.3, 0.4) is 0 Å². The summed E-state index contributed by atoms with van der Waals surface area (Å²) >= 11 is 0. The van der Waals surface area contributed by atoms with E-state index >= 15 is 0 Å². The van der Waals surface area contributed by atoms with Crippen LogP contribution in [0.5, 0.6) is 0 Å². The number of hydrogen-bond donors (Lipinski definition) is 3. The molecular weight excluding hydrogens is 242 g/mol. The molecule has 0 aliphatic rings. The number of carbonyl (C=O) groups excluding carboxylic acids is 1. The van der Waals surface area contributed by atoms with Gasteiger partial charge < -0.3 is 16.0 Å².